The molecule has 1 aromatic carbocycles. The lowest BCUT2D eigenvalue weighted by molar-refractivity contribution is -0.168. The number of carbonyl (C=O) groups is 3. The summed E-state index contributed by atoms with van der Waals surface area (Å²) in [6.07, 6.45) is 3.79. The van der Waals surface area contributed by atoms with E-state index in [0.717, 1.165) is 18.4 Å². The molecule has 1 unspecified atom stereocenters. The fourth-order valence-corrected chi connectivity index (χ4v) is 5.85. The molecule has 7 nitrogen and oxygen atoms in total. The van der Waals surface area contributed by atoms with Gasteiger partial charge in [-0.3, -0.25) is 19.3 Å². The molecule has 5 atom stereocenters. The lowest BCUT2D eigenvalue weighted by atomic mass is 9.80. The molecule has 2 aliphatic rings. The Morgan fingerprint density at radius 1 is 1.21 bits per heavy atom. The highest BCUT2D eigenvalue weighted by molar-refractivity contribution is 5.96. The highest BCUT2D eigenvalue weighted by Crippen LogP contribution is 2.52. The summed E-state index contributed by atoms with van der Waals surface area (Å²) in [6.45, 7) is 9.16. The number of likely N-dealkylation sites (tertiary alicyclic amines) is 1. The summed E-state index contributed by atoms with van der Waals surface area (Å²) < 4.78 is 11.3. The van der Waals surface area contributed by atoms with Crippen LogP contribution in [0.25, 0.3) is 0 Å². The van der Waals surface area contributed by atoms with Crippen molar-refractivity contribution in [3.8, 4) is 0 Å². The van der Waals surface area contributed by atoms with Crippen molar-refractivity contribution in [2.75, 3.05) is 6.61 Å². The maximum absolute atomic E-state index is 13.7. The zero-order valence-corrected chi connectivity index (χ0v) is 21.2. The van der Waals surface area contributed by atoms with E-state index in [4.69, 9.17) is 15.2 Å². The average Bonchev–Trinajstić information content (AvgIpc) is 3.31. The van der Waals surface area contributed by atoms with E-state index < -0.39 is 41.2 Å². The molecule has 0 spiro atoms. The van der Waals surface area contributed by atoms with Crippen LogP contribution in [0.1, 0.15) is 72.3 Å². The van der Waals surface area contributed by atoms with Gasteiger partial charge in [0.1, 0.15) is 17.7 Å². The van der Waals surface area contributed by atoms with Crippen LogP contribution in [0.4, 0.5) is 0 Å². The van der Waals surface area contributed by atoms with Gasteiger partial charge in [-0.05, 0) is 78.2 Å². The Labute approximate surface area is 203 Å². The first-order chi connectivity index (χ1) is 16.0. The van der Waals surface area contributed by atoms with E-state index in [-0.39, 0.29) is 18.3 Å². The topological polar surface area (TPSA) is 98.9 Å². The van der Waals surface area contributed by atoms with E-state index in [1.54, 1.807) is 13.8 Å². The third kappa shape index (κ3) is 5.36. The largest absolute Gasteiger partial charge is 0.465 e. The second-order valence-electron chi connectivity index (χ2n) is 10.7. The number of rotatable bonds is 9. The van der Waals surface area contributed by atoms with E-state index >= 15 is 0 Å². The lowest BCUT2D eigenvalue weighted by Crippen LogP contribution is -2.64. The van der Waals surface area contributed by atoms with Gasteiger partial charge < -0.3 is 15.2 Å². The molecule has 1 heterocycles. The lowest BCUT2D eigenvalue weighted by Gasteiger charge is -2.44. The fraction of sp³-hybridized carbons (Fsp3) is 0.667. The smallest absolute Gasteiger partial charge is 0.323 e. The highest BCUT2D eigenvalue weighted by atomic mass is 16.6. The van der Waals surface area contributed by atoms with Crippen LogP contribution in [0.2, 0.25) is 0 Å². The third-order valence-corrected chi connectivity index (χ3v) is 7.05. The van der Waals surface area contributed by atoms with E-state index in [0.29, 0.717) is 25.7 Å². The molecule has 188 valence electrons. The van der Waals surface area contributed by atoms with Crippen molar-refractivity contribution in [3.05, 3.63) is 35.9 Å². The van der Waals surface area contributed by atoms with E-state index in [1.807, 2.05) is 56.0 Å². The standard InChI is InChI=1S/C27H40N2O5/c1-6-33-24(31)21(15-14-19-11-8-7-9-12-19)29-22(25(32)34-26(3,4)5)17-20-13-10-16-27(20,29)23(30)18(2)28/h7-9,11-12,18,20-22H,6,10,13-17,28H2,1-5H3/t18?,20-,21+,22+,27-/m1/s1. The number of hydrogen-bond acceptors (Lipinski definition) is 7. The molecule has 1 aromatic rings. The van der Waals surface area contributed by atoms with E-state index in [9.17, 15) is 14.4 Å². The first kappa shape index (κ1) is 26.4. The summed E-state index contributed by atoms with van der Waals surface area (Å²) in [4.78, 5) is 42.4. The molecule has 0 aromatic heterocycles. The summed E-state index contributed by atoms with van der Waals surface area (Å²) >= 11 is 0. The van der Waals surface area contributed by atoms with Gasteiger partial charge in [0, 0.05) is 0 Å². The molecular weight excluding hydrogens is 432 g/mol. The number of benzene rings is 1. The predicted octanol–water partition coefficient (Wildman–Crippen LogP) is 3.42. The van der Waals surface area contributed by atoms with Crippen LogP contribution in [-0.2, 0) is 30.3 Å². The summed E-state index contributed by atoms with van der Waals surface area (Å²) in [5.41, 5.74) is 5.59. The van der Waals surface area contributed by atoms with Crippen molar-refractivity contribution in [2.45, 2.75) is 102 Å². The van der Waals surface area contributed by atoms with Crippen molar-refractivity contribution < 1.29 is 23.9 Å². The van der Waals surface area contributed by atoms with Crippen LogP contribution in [0.5, 0.6) is 0 Å². The Morgan fingerprint density at radius 2 is 1.88 bits per heavy atom. The Balaban J connectivity index is 2.06. The first-order valence-electron chi connectivity index (χ1n) is 12.5. The minimum absolute atomic E-state index is 0.0443. The number of nitrogens with zero attached hydrogens (tertiary/aromatic N) is 1. The minimum atomic E-state index is -0.955. The number of aryl methyl sites for hydroxylation is 1. The molecule has 0 radical (unpaired) electrons. The van der Waals surface area contributed by atoms with Gasteiger partial charge in [-0.1, -0.05) is 36.8 Å². The summed E-state index contributed by atoms with van der Waals surface area (Å²) in [6, 6.07) is 7.76. The Kier molecular flexibility index (Phi) is 8.19. The molecule has 2 N–H and O–H groups in total. The molecule has 3 rings (SSSR count). The highest BCUT2D eigenvalue weighted by Gasteiger charge is 2.64. The van der Waals surface area contributed by atoms with Gasteiger partial charge in [0.15, 0.2) is 5.78 Å². The zero-order chi connectivity index (χ0) is 25.1. The van der Waals surface area contributed by atoms with Crippen LogP contribution in [0.3, 0.4) is 0 Å². The predicted molar refractivity (Wildman–Crippen MR) is 130 cm³/mol. The van der Waals surface area contributed by atoms with Gasteiger partial charge in [-0.15, -0.1) is 0 Å². The molecule has 1 saturated heterocycles. The second-order valence-corrected chi connectivity index (χ2v) is 10.7. The van der Waals surface area contributed by atoms with Gasteiger partial charge in [-0.25, -0.2) is 0 Å². The zero-order valence-electron chi connectivity index (χ0n) is 21.2. The molecule has 0 amide bonds. The number of hydrogen-bond donors (Lipinski definition) is 1. The van der Waals surface area contributed by atoms with Crippen molar-refractivity contribution in [1.82, 2.24) is 4.90 Å². The number of ketones is 1. The van der Waals surface area contributed by atoms with Gasteiger partial charge in [0.2, 0.25) is 0 Å². The molecule has 1 aliphatic carbocycles. The molecule has 1 saturated carbocycles. The molecular formula is C27H40N2O5. The second kappa shape index (κ2) is 10.6. The minimum Gasteiger partial charge on any atom is -0.465 e. The van der Waals surface area contributed by atoms with Gasteiger partial charge >= 0.3 is 11.9 Å². The number of nitrogens with two attached hydrogens (primary N) is 1. The van der Waals surface area contributed by atoms with Crippen LogP contribution in [-0.4, -0.2) is 58.5 Å². The maximum atomic E-state index is 13.7. The summed E-state index contributed by atoms with van der Waals surface area (Å²) in [7, 11) is 0. The number of fused-ring (bicyclic) bond motifs is 1. The van der Waals surface area contributed by atoms with E-state index in [2.05, 4.69) is 0 Å². The number of carbonyl (C=O) groups excluding carboxylic acids is 3. The van der Waals surface area contributed by atoms with Gasteiger partial charge in [-0.2, -0.15) is 0 Å². The molecule has 2 fully saturated rings. The molecule has 34 heavy (non-hydrogen) atoms. The number of esters is 2. The first-order valence-corrected chi connectivity index (χ1v) is 12.5. The Morgan fingerprint density at radius 3 is 2.47 bits per heavy atom. The van der Waals surface area contributed by atoms with Crippen molar-refractivity contribution in [3.63, 3.8) is 0 Å². The van der Waals surface area contributed by atoms with Crippen LogP contribution < -0.4 is 5.73 Å². The monoisotopic (exact) mass is 472 g/mol. The average molecular weight is 473 g/mol. The molecule has 0 bridgehead atoms. The quantitative estimate of drug-likeness (QED) is 0.550. The van der Waals surface area contributed by atoms with Crippen molar-refractivity contribution >= 4 is 17.7 Å². The third-order valence-electron chi connectivity index (χ3n) is 7.05. The van der Waals surface area contributed by atoms with Gasteiger partial charge in [0.25, 0.3) is 0 Å². The van der Waals surface area contributed by atoms with Crippen LogP contribution in [0, 0.1) is 5.92 Å². The van der Waals surface area contributed by atoms with Crippen LogP contribution >= 0.6 is 0 Å². The summed E-state index contributed by atoms with van der Waals surface area (Å²) in [5, 5.41) is 0. The Bertz CT molecular complexity index is 879. The SMILES string of the molecule is CCOC(=O)[C@H](CCc1ccccc1)N1[C@H](C(=O)OC(C)(C)C)C[C@H]2CCC[C@]21C(=O)C(C)N. The number of ether oxygens (including phenoxy) is 2. The van der Waals surface area contributed by atoms with Gasteiger partial charge in [0.05, 0.1) is 18.2 Å². The normalized spacial score (nSPS) is 26.5. The van der Waals surface area contributed by atoms with Crippen molar-refractivity contribution in [2.24, 2.45) is 11.7 Å². The molecule has 1 aliphatic heterocycles. The number of Topliss-reactive ketones (excluding diaryl/α,β-unsaturated/α-hetero) is 1. The maximum Gasteiger partial charge on any atom is 0.323 e. The Hall–Kier alpha value is -2.25. The summed E-state index contributed by atoms with van der Waals surface area (Å²) in [5.74, 6) is -0.948. The van der Waals surface area contributed by atoms with E-state index in [1.165, 1.54) is 0 Å². The fourth-order valence-electron chi connectivity index (χ4n) is 5.85. The van der Waals surface area contributed by atoms with Crippen molar-refractivity contribution in [1.29, 1.82) is 0 Å². The molecule has 7 heteroatoms. The van der Waals surface area contributed by atoms with Crippen LogP contribution in [0.15, 0.2) is 30.3 Å².